The first-order chi connectivity index (χ1) is 9.97. The van der Waals surface area contributed by atoms with Crippen molar-refractivity contribution in [3.05, 3.63) is 22.8 Å². The molecule has 21 heavy (non-hydrogen) atoms. The van der Waals surface area contributed by atoms with E-state index in [1.165, 1.54) is 0 Å². The van der Waals surface area contributed by atoms with Gasteiger partial charge in [0.25, 0.3) is 0 Å². The Labute approximate surface area is 132 Å². The number of carbonyl (C=O) groups excluding carboxylic acids is 1. The van der Waals surface area contributed by atoms with E-state index in [1.807, 2.05) is 19.1 Å². The van der Waals surface area contributed by atoms with Gasteiger partial charge in [0, 0.05) is 27.2 Å². The second-order valence-corrected chi connectivity index (χ2v) is 5.56. The average Bonchev–Trinajstić information content (AvgIpc) is 2.43. The van der Waals surface area contributed by atoms with Crippen LogP contribution >= 0.6 is 11.6 Å². The van der Waals surface area contributed by atoms with Crippen LogP contribution in [0.2, 0.25) is 5.02 Å². The van der Waals surface area contributed by atoms with Crippen LogP contribution in [0.1, 0.15) is 26.0 Å². The van der Waals surface area contributed by atoms with E-state index in [2.05, 4.69) is 22.1 Å². The molecule has 5 nitrogen and oxygen atoms in total. The summed E-state index contributed by atoms with van der Waals surface area (Å²) in [5, 5.41) is 3.81. The monoisotopic (exact) mass is 312 g/mol. The molecule has 1 heterocycles. The van der Waals surface area contributed by atoms with Crippen molar-refractivity contribution in [1.82, 2.24) is 14.8 Å². The molecule has 0 aliphatic carbocycles. The van der Waals surface area contributed by atoms with Crippen LogP contribution in [0.4, 0.5) is 5.82 Å². The number of pyridine rings is 1. The van der Waals surface area contributed by atoms with Crippen molar-refractivity contribution in [1.29, 1.82) is 0 Å². The molecule has 0 aliphatic heterocycles. The third-order valence-electron chi connectivity index (χ3n) is 3.05. The fourth-order valence-electron chi connectivity index (χ4n) is 1.95. The molecule has 0 bridgehead atoms. The lowest BCUT2D eigenvalue weighted by Gasteiger charge is -2.23. The molecule has 0 fully saturated rings. The minimum absolute atomic E-state index is 0.0856. The first-order valence-corrected chi connectivity index (χ1v) is 7.67. The van der Waals surface area contributed by atoms with Gasteiger partial charge in [0.1, 0.15) is 5.82 Å². The third kappa shape index (κ3) is 5.89. The zero-order valence-electron chi connectivity index (χ0n) is 13.3. The van der Waals surface area contributed by atoms with Gasteiger partial charge in [-0.25, -0.2) is 4.98 Å². The van der Waals surface area contributed by atoms with E-state index in [4.69, 9.17) is 11.6 Å². The highest BCUT2D eigenvalue weighted by atomic mass is 35.5. The highest BCUT2D eigenvalue weighted by Gasteiger charge is 2.14. The van der Waals surface area contributed by atoms with E-state index < -0.39 is 0 Å². The van der Waals surface area contributed by atoms with Crippen molar-refractivity contribution in [3.63, 3.8) is 0 Å². The van der Waals surface area contributed by atoms with Crippen LogP contribution in [0.5, 0.6) is 0 Å². The Balaban J connectivity index is 2.82. The number of nitrogens with one attached hydrogen (secondary N) is 1. The number of hydrogen-bond donors (Lipinski definition) is 1. The number of amides is 1. The van der Waals surface area contributed by atoms with Crippen LogP contribution in [0.15, 0.2) is 12.1 Å². The number of likely N-dealkylation sites (N-methyl/N-ethyl adjacent to an activating group) is 1. The number of carbonyl (C=O) groups is 1. The SMILES string of the molecule is CCCN(CC(=O)N(C)C)Cc1nc(NCC)ccc1Cl. The van der Waals surface area contributed by atoms with Crippen molar-refractivity contribution in [2.24, 2.45) is 0 Å². The van der Waals surface area contributed by atoms with E-state index in [1.54, 1.807) is 19.0 Å². The van der Waals surface area contributed by atoms with E-state index >= 15 is 0 Å². The summed E-state index contributed by atoms with van der Waals surface area (Å²) in [5.41, 5.74) is 0.801. The Morgan fingerprint density at radius 3 is 2.62 bits per heavy atom. The quantitative estimate of drug-likeness (QED) is 0.801. The maximum Gasteiger partial charge on any atom is 0.236 e. The molecule has 0 saturated heterocycles. The number of anilines is 1. The summed E-state index contributed by atoms with van der Waals surface area (Å²) >= 11 is 6.23. The molecule has 1 aromatic heterocycles. The van der Waals surface area contributed by atoms with Crippen molar-refractivity contribution in [2.45, 2.75) is 26.8 Å². The Hall–Kier alpha value is -1.33. The molecule has 118 valence electrons. The van der Waals surface area contributed by atoms with Crippen LogP contribution < -0.4 is 5.32 Å². The molecule has 0 unspecified atom stereocenters. The molecule has 1 rings (SSSR count). The summed E-state index contributed by atoms with van der Waals surface area (Å²) < 4.78 is 0. The number of nitrogens with zero attached hydrogens (tertiary/aromatic N) is 3. The predicted molar refractivity (Wildman–Crippen MR) is 87.7 cm³/mol. The molecular weight excluding hydrogens is 288 g/mol. The standard InChI is InChI=1S/C15H25ClN4O/c1-5-9-20(11-15(21)19(3)4)10-13-12(16)7-8-14(18-13)17-6-2/h7-8H,5-6,9-11H2,1-4H3,(H,17,18). The van der Waals surface area contributed by atoms with Gasteiger partial charge in [-0.3, -0.25) is 9.69 Å². The lowest BCUT2D eigenvalue weighted by Crippen LogP contribution is -2.37. The number of rotatable bonds is 8. The van der Waals surface area contributed by atoms with E-state index in [0.29, 0.717) is 18.1 Å². The zero-order valence-corrected chi connectivity index (χ0v) is 14.1. The van der Waals surface area contributed by atoms with Gasteiger partial charge < -0.3 is 10.2 Å². The molecular formula is C15H25ClN4O. The van der Waals surface area contributed by atoms with Gasteiger partial charge in [-0.1, -0.05) is 18.5 Å². The summed E-state index contributed by atoms with van der Waals surface area (Å²) in [4.78, 5) is 20.1. The summed E-state index contributed by atoms with van der Waals surface area (Å²) in [5.74, 6) is 0.898. The number of halogens is 1. The fraction of sp³-hybridized carbons (Fsp3) is 0.600. The summed E-state index contributed by atoms with van der Waals surface area (Å²) in [6.07, 6.45) is 0.977. The van der Waals surface area contributed by atoms with Crippen molar-refractivity contribution in [2.75, 3.05) is 39.0 Å². The van der Waals surface area contributed by atoms with Gasteiger partial charge in [0.15, 0.2) is 0 Å². The molecule has 0 atom stereocenters. The van der Waals surface area contributed by atoms with Gasteiger partial charge in [0.05, 0.1) is 17.3 Å². The molecule has 1 N–H and O–H groups in total. The van der Waals surface area contributed by atoms with Crippen LogP contribution in [-0.2, 0) is 11.3 Å². The predicted octanol–water partition coefficient (Wildman–Crippen LogP) is 2.47. The van der Waals surface area contributed by atoms with Crippen LogP contribution in [0.3, 0.4) is 0 Å². The topological polar surface area (TPSA) is 48.5 Å². The Kier molecular flexibility index (Phi) is 7.47. The maximum absolute atomic E-state index is 11.9. The van der Waals surface area contributed by atoms with Gasteiger partial charge in [0.2, 0.25) is 5.91 Å². The lowest BCUT2D eigenvalue weighted by atomic mass is 10.3. The van der Waals surface area contributed by atoms with Gasteiger partial charge >= 0.3 is 0 Å². The third-order valence-corrected chi connectivity index (χ3v) is 3.39. The van der Waals surface area contributed by atoms with Gasteiger partial charge in [-0.05, 0) is 32.0 Å². The highest BCUT2D eigenvalue weighted by Crippen LogP contribution is 2.18. The second kappa shape index (κ2) is 8.85. The molecule has 0 aliphatic rings. The summed E-state index contributed by atoms with van der Waals surface area (Å²) in [6, 6.07) is 3.71. The van der Waals surface area contributed by atoms with Crippen LogP contribution in [0.25, 0.3) is 0 Å². The molecule has 0 spiro atoms. The highest BCUT2D eigenvalue weighted by molar-refractivity contribution is 6.31. The average molecular weight is 313 g/mol. The Morgan fingerprint density at radius 1 is 1.33 bits per heavy atom. The van der Waals surface area contributed by atoms with E-state index in [0.717, 1.165) is 31.0 Å². The van der Waals surface area contributed by atoms with Crippen molar-refractivity contribution < 1.29 is 4.79 Å². The number of aromatic nitrogens is 1. The van der Waals surface area contributed by atoms with E-state index in [-0.39, 0.29) is 5.91 Å². The maximum atomic E-state index is 11.9. The molecule has 6 heteroatoms. The minimum atomic E-state index is 0.0856. The molecule has 1 amide bonds. The number of hydrogen-bond acceptors (Lipinski definition) is 4. The molecule has 0 aromatic carbocycles. The summed E-state index contributed by atoms with van der Waals surface area (Å²) in [7, 11) is 3.53. The van der Waals surface area contributed by atoms with Crippen molar-refractivity contribution >= 4 is 23.3 Å². The molecule has 0 saturated carbocycles. The Bertz CT molecular complexity index is 465. The van der Waals surface area contributed by atoms with Gasteiger partial charge in [-0.15, -0.1) is 0 Å². The van der Waals surface area contributed by atoms with E-state index in [9.17, 15) is 4.79 Å². The van der Waals surface area contributed by atoms with Crippen molar-refractivity contribution in [3.8, 4) is 0 Å². The Morgan fingerprint density at radius 2 is 2.05 bits per heavy atom. The first kappa shape index (κ1) is 17.7. The fourth-order valence-corrected chi connectivity index (χ4v) is 2.11. The second-order valence-electron chi connectivity index (χ2n) is 5.15. The van der Waals surface area contributed by atoms with Gasteiger partial charge in [-0.2, -0.15) is 0 Å². The molecule has 0 radical (unpaired) electrons. The first-order valence-electron chi connectivity index (χ1n) is 7.29. The van der Waals surface area contributed by atoms with Crippen LogP contribution in [0, 0.1) is 0 Å². The minimum Gasteiger partial charge on any atom is -0.370 e. The normalized spacial score (nSPS) is 10.8. The lowest BCUT2D eigenvalue weighted by molar-refractivity contribution is -0.130. The zero-order chi connectivity index (χ0) is 15.8. The molecule has 1 aromatic rings. The smallest absolute Gasteiger partial charge is 0.236 e. The summed E-state index contributed by atoms with van der Waals surface area (Å²) in [6.45, 7) is 6.72. The largest absolute Gasteiger partial charge is 0.370 e. The van der Waals surface area contributed by atoms with Crippen LogP contribution in [-0.4, -0.2) is 54.4 Å².